The number of amides is 2. The molecule has 0 spiro atoms. The number of carbonyl (C=O) groups excluding carboxylic acids is 2. The Morgan fingerprint density at radius 2 is 1.86 bits per heavy atom. The number of aryl methyl sites for hydroxylation is 1. The highest BCUT2D eigenvalue weighted by atomic mass is 19.1. The van der Waals surface area contributed by atoms with Crippen molar-refractivity contribution in [2.75, 3.05) is 5.32 Å². The summed E-state index contributed by atoms with van der Waals surface area (Å²) in [6.45, 7) is 0. The lowest BCUT2D eigenvalue weighted by molar-refractivity contribution is -0.121. The molecule has 0 bridgehead atoms. The fourth-order valence-electron chi connectivity index (χ4n) is 3.51. The van der Waals surface area contributed by atoms with Gasteiger partial charge in [0.1, 0.15) is 5.82 Å². The molecular weight excluding hydrogens is 373 g/mol. The van der Waals surface area contributed by atoms with E-state index in [1.165, 1.54) is 22.9 Å². The van der Waals surface area contributed by atoms with Gasteiger partial charge in [-0.1, -0.05) is 18.2 Å². The van der Waals surface area contributed by atoms with Crippen molar-refractivity contribution < 1.29 is 14.0 Å². The number of hydrogen-bond donors (Lipinski definition) is 2. The maximum absolute atomic E-state index is 13.3. The van der Waals surface area contributed by atoms with Gasteiger partial charge in [0.25, 0.3) is 11.5 Å². The second kappa shape index (κ2) is 7.35. The predicted molar refractivity (Wildman–Crippen MR) is 108 cm³/mol. The Bertz CT molecular complexity index is 1210. The van der Waals surface area contributed by atoms with E-state index < -0.39 is 11.8 Å². The number of halogens is 1. The van der Waals surface area contributed by atoms with Crippen molar-refractivity contribution in [3.8, 4) is 0 Å². The SMILES string of the molecule is Cn1ccc2c(NC(=O)C3=CNC(=O)CC3c3ccc(F)cc3)cccc2c1=O. The van der Waals surface area contributed by atoms with Gasteiger partial charge in [0, 0.05) is 53.8 Å². The smallest absolute Gasteiger partial charge is 0.258 e. The highest BCUT2D eigenvalue weighted by Gasteiger charge is 2.29. The highest BCUT2D eigenvalue weighted by Crippen LogP contribution is 2.31. The lowest BCUT2D eigenvalue weighted by Gasteiger charge is -2.24. The maximum Gasteiger partial charge on any atom is 0.258 e. The normalized spacial score (nSPS) is 16.3. The molecule has 1 aromatic heterocycles. The summed E-state index contributed by atoms with van der Waals surface area (Å²) in [6, 6.07) is 12.6. The zero-order valence-electron chi connectivity index (χ0n) is 15.6. The Morgan fingerprint density at radius 3 is 2.62 bits per heavy atom. The van der Waals surface area contributed by atoms with Crippen LogP contribution in [-0.4, -0.2) is 16.4 Å². The monoisotopic (exact) mass is 391 g/mol. The van der Waals surface area contributed by atoms with E-state index >= 15 is 0 Å². The van der Waals surface area contributed by atoms with E-state index in [9.17, 15) is 18.8 Å². The number of nitrogens with zero attached hydrogens (tertiary/aromatic N) is 1. The summed E-state index contributed by atoms with van der Waals surface area (Å²) in [4.78, 5) is 37.2. The third kappa shape index (κ3) is 3.54. The van der Waals surface area contributed by atoms with E-state index in [4.69, 9.17) is 0 Å². The van der Waals surface area contributed by atoms with Crippen LogP contribution in [0, 0.1) is 5.82 Å². The van der Waals surface area contributed by atoms with Crippen LogP contribution in [0.15, 0.2) is 71.3 Å². The first-order valence-electron chi connectivity index (χ1n) is 9.08. The van der Waals surface area contributed by atoms with Crippen molar-refractivity contribution >= 4 is 28.3 Å². The van der Waals surface area contributed by atoms with Crippen molar-refractivity contribution in [1.29, 1.82) is 0 Å². The van der Waals surface area contributed by atoms with Crippen molar-refractivity contribution in [3.05, 3.63) is 88.2 Å². The second-order valence-electron chi connectivity index (χ2n) is 6.93. The van der Waals surface area contributed by atoms with Crippen LogP contribution in [-0.2, 0) is 16.6 Å². The van der Waals surface area contributed by atoms with Crippen LogP contribution in [0.2, 0.25) is 0 Å². The van der Waals surface area contributed by atoms with Crippen molar-refractivity contribution in [2.24, 2.45) is 7.05 Å². The molecule has 1 atom stereocenters. The number of carbonyl (C=O) groups is 2. The molecule has 1 aliphatic heterocycles. The number of pyridine rings is 1. The molecule has 0 radical (unpaired) electrons. The first kappa shape index (κ1) is 18.6. The van der Waals surface area contributed by atoms with E-state index in [1.54, 1.807) is 49.6 Å². The number of rotatable bonds is 3. The molecule has 1 aliphatic rings. The first-order valence-corrected chi connectivity index (χ1v) is 9.08. The standard InChI is InChI=1S/C22H18FN3O3/c1-26-10-9-15-16(22(26)29)3-2-4-19(15)25-21(28)18-12-24-20(27)11-17(18)13-5-7-14(23)8-6-13/h2-10,12,17H,11H2,1H3,(H,24,27)(H,25,28). The van der Waals surface area contributed by atoms with Gasteiger partial charge in [-0.15, -0.1) is 0 Å². The molecule has 7 heteroatoms. The van der Waals surface area contributed by atoms with Gasteiger partial charge in [0.15, 0.2) is 0 Å². The lowest BCUT2D eigenvalue weighted by Crippen LogP contribution is -2.32. The molecule has 2 amide bonds. The molecule has 29 heavy (non-hydrogen) atoms. The largest absolute Gasteiger partial charge is 0.332 e. The van der Waals surface area contributed by atoms with E-state index in [-0.39, 0.29) is 23.7 Å². The zero-order chi connectivity index (χ0) is 20.5. The van der Waals surface area contributed by atoms with Crippen molar-refractivity contribution in [1.82, 2.24) is 9.88 Å². The number of fused-ring (bicyclic) bond motifs is 1. The van der Waals surface area contributed by atoms with Gasteiger partial charge in [-0.3, -0.25) is 14.4 Å². The zero-order valence-corrected chi connectivity index (χ0v) is 15.6. The minimum absolute atomic E-state index is 0.0843. The van der Waals surface area contributed by atoms with Gasteiger partial charge in [-0.05, 0) is 35.9 Å². The molecule has 0 saturated carbocycles. The number of benzene rings is 2. The summed E-state index contributed by atoms with van der Waals surface area (Å²) in [7, 11) is 1.66. The van der Waals surface area contributed by atoms with Crippen molar-refractivity contribution in [2.45, 2.75) is 12.3 Å². The topological polar surface area (TPSA) is 80.2 Å². The summed E-state index contributed by atoms with van der Waals surface area (Å²) < 4.78 is 14.8. The van der Waals surface area contributed by atoms with Crippen LogP contribution in [0.4, 0.5) is 10.1 Å². The fourth-order valence-corrected chi connectivity index (χ4v) is 3.51. The van der Waals surface area contributed by atoms with Gasteiger partial charge in [0.05, 0.1) is 0 Å². The summed E-state index contributed by atoms with van der Waals surface area (Å²) in [6.07, 6.45) is 3.11. The van der Waals surface area contributed by atoms with Gasteiger partial charge < -0.3 is 15.2 Å². The molecule has 1 unspecified atom stereocenters. The summed E-state index contributed by atoms with van der Waals surface area (Å²) >= 11 is 0. The molecule has 0 saturated heterocycles. The molecular formula is C22H18FN3O3. The summed E-state index contributed by atoms with van der Waals surface area (Å²) in [5, 5.41) is 6.54. The van der Waals surface area contributed by atoms with Gasteiger partial charge in [0.2, 0.25) is 5.91 Å². The Morgan fingerprint density at radius 1 is 1.10 bits per heavy atom. The number of nitrogens with one attached hydrogen (secondary N) is 2. The Hall–Kier alpha value is -3.74. The van der Waals surface area contributed by atoms with Crippen LogP contribution in [0.3, 0.4) is 0 Å². The third-order valence-electron chi connectivity index (χ3n) is 5.06. The van der Waals surface area contributed by atoms with Crippen LogP contribution in [0.1, 0.15) is 17.9 Å². The quantitative estimate of drug-likeness (QED) is 0.721. The maximum atomic E-state index is 13.3. The number of hydrogen-bond acceptors (Lipinski definition) is 3. The average molecular weight is 391 g/mol. The van der Waals surface area contributed by atoms with E-state index in [0.717, 1.165) is 0 Å². The van der Waals surface area contributed by atoms with Gasteiger partial charge in [-0.2, -0.15) is 0 Å². The fraction of sp³-hybridized carbons (Fsp3) is 0.136. The molecule has 2 N–H and O–H groups in total. The minimum Gasteiger partial charge on any atom is -0.332 e. The Labute approximate surface area is 165 Å². The van der Waals surface area contributed by atoms with Gasteiger partial charge in [-0.25, -0.2) is 4.39 Å². The molecule has 4 rings (SSSR count). The molecule has 0 aliphatic carbocycles. The molecule has 146 valence electrons. The average Bonchev–Trinajstić information content (AvgIpc) is 2.71. The second-order valence-corrected chi connectivity index (χ2v) is 6.93. The van der Waals surface area contributed by atoms with Crippen LogP contribution in [0.5, 0.6) is 0 Å². The van der Waals surface area contributed by atoms with E-state index in [1.807, 2.05) is 0 Å². The number of aromatic nitrogens is 1. The third-order valence-corrected chi connectivity index (χ3v) is 5.06. The Balaban J connectivity index is 1.69. The predicted octanol–water partition coefficient (Wildman–Crippen LogP) is 2.80. The van der Waals surface area contributed by atoms with Crippen LogP contribution < -0.4 is 16.2 Å². The highest BCUT2D eigenvalue weighted by molar-refractivity contribution is 6.10. The number of anilines is 1. The van der Waals surface area contributed by atoms with E-state index in [2.05, 4.69) is 10.6 Å². The van der Waals surface area contributed by atoms with E-state index in [0.29, 0.717) is 27.6 Å². The summed E-state index contributed by atoms with van der Waals surface area (Å²) in [5.41, 5.74) is 1.37. The van der Waals surface area contributed by atoms with Crippen LogP contribution in [0.25, 0.3) is 10.8 Å². The minimum atomic E-state index is -0.493. The molecule has 2 aromatic carbocycles. The lowest BCUT2D eigenvalue weighted by atomic mass is 9.86. The first-order chi connectivity index (χ1) is 13.9. The Kier molecular flexibility index (Phi) is 4.72. The molecule has 0 fully saturated rings. The van der Waals surface area contributed by atoms with Crippen LogP contribution >= 0.6 is 0 Å². The molecule has 2 heterocycles. The molecule has 6 nitrogen and oxygen atoms in total. The molecule has 3 aromatic rings. The van der Waals surface area contributed by atoms with Gasteiger partial charge >= 0.3 is 0 Å². The summed E-state index contributed by atoms with van der Waals surface area (Å²) in [5.74, 6) is -1.49. The van der Waals surface area contributed by atoms with Crippen molar-refractivity contribution in [3.63, 3.8) is 0 Å².